The van der Waals surface area contributed by atoms with E-state index in [2.05, 4.69) is 10.5 Å². The van der Waals surface area contributed by atoms with Gasteiger partial charge in [0.1, 0.15) is 5.69 Å². The number of hydrogen-bond donors (Lipinski definition) is 1. The molecule has 0 bridgehead atoms. The van der Waals surface area contributed by atoms with Crippen molar-refractivity contribution < 1.29 is 13.7 Å². The highest BCUT2D eigenvalue weighted by atomic mass is 16.5. The average Bonchev–Trinajstić information content (AvgIpc) is 3.32. The van der Waals surface area contributed by atoms with E-state index in [1.165, 1.54) is 0 Å². The van der Waals surface area contributed by atoms with Gasteiger partial charge in [-0.2, -0.15) is 0 Å². The Balaban J connectivity index is 1.41. The fourth-order valence-corrected chi connectivity index (χ4v) is 2.80. The predicted octanol–water partition coefficient (Wildman–Crippen LogP) is 3.95. The molecule has 1 N–H and O–H groups in total. The number of amides is 1. The summed E-state index contributed by atoms with van der Waals surface area (Å²) in [6, 6.07) is 19.4. The van der Waals surface area contributed by atoms with Gasteiger partial charge in [-0.25, -0.2) is 0 Å². The highest BCUT2D eigenvalue weighted by molar-refractivity contribution is 5.90. The lowest BCUT2D eigenvalue weighted by atomic mass is 10.0. The van der Waals surface area contributed by atoms with Crippen molar-refractivity contribution in [2.75, 3.05) is 0 Å². The smallest absolute Gasteiger partial charge is 0.224 e. The van der Waals surface area contributed by atoms with Crippen molar-refractivity contribution in [3.05, 3.63) is 78.2 Å². The van der Waals surface area contributed by atoms with E-state index in [0.717, 1.165) is 16.3 Å². The number of nitrogens with one attached hydrogen (secondary N) is 1. The number of rotatable bonds is 5. The summed E-state index contributed by atoms with van der Waals surface area (Å²) >= 11 is 0. The molecule has 0 saturated carbocycles. The highest BCUT2D eigenvalue weighted by Gasteiger charge is 2.11. The third kappa shape index (κ3) is 3.30. The van der Waals surface area contributed by atoms with Gasteiger partial charge in [-0.05, 0) is 28.5 Å². The van der Waals surface area contributed by atoms with Crippen molar-refractivity contribution in [1.82, 2.24) is 10.5 Å². The van der Waals surface area contributed by atoms with Crippen LogP contribution in [0.1, 0.15) is 11.3 Å². The van der Waals surface area contributed by atoms with Crippen molar-refractivity contribution in [1.29, 1.82) is 0 Å². The fraction of sp³-hybridized carbons (Fsp3) is 0.100. The summed E-state index contributed by atoms with van der Waals surface area (Å²) in [6.07, 6.45) is 1.90. The van der Waals surface area contributed by atoms with Gasteiger partial charge in [0.05, 0.1) is 19.2 Å². The lowest BCUT2D eigenvalue weighted by Crippen LogP contribution is -2.24. The molecule has 1 amide bonds. The molecule has 0 aliphatic carbocycles. The van der Waals surface area contributed by atoms with Crippen LogP contribution in [0.4, 0.5) is 0 Å². The molecule has 2 aromatic heterocycles. The van der Waals surface area contributed by atoms with Crippen LogP contribution in [0.3, 0.4) is 0 Å². The number of hydrogen-bond acceptors (Lipinski definition) is 4. The molecule has 0 aliphatic heterocycles. The number of benzene rings is 2. The molecule has 2 heterocycles. The van der Waals surface area contributed by atoms with E-state index < -0.39 is 0 Å². The van der Waals surface area contributed by atoms with Crippen LogP contribution in [0.5, 0.6) is 0 Å². The standard InChI is InChI=1S/C20H16N2O3/c23-20(11-15-7-3-6-14-5-1-2-8-17(14)15)21-13-16-12-19(25-22-16)18-9-4-10-24-18/h1-10,12H,11,13H2,(H,21,23). The minimum Gasteiger partial charge on any atom is -0.461 e. The van der Waals surface area contributed by atoms with Gasteiger partial charge in [-0.1, -0.05) is 47.6 Å². The van der Waals surface area contributed by atoms with Crippen molar-refractivity contribution in [2.45, 2.75) is 13.0 Å². The van der Waals surface area contributed by atoms with E-state index in [1.807, 2.05) is 42.5 Å². The van der Waals surface area contributed by atoms with Gasteiger partial charge in [0.25, 0.3) is 0 Å². The molecule has 0 aliphatic rings. The van der Waals surface area contributed by atoms with E-state index in [4.69, 9.17) is 8.94 Å². The van der Waals surface area contributed by atoms with E-state index in [9.17, 15) is 4.79 Å². The molecule has 5 nitrogen and oxygen atoms in total. The number of carbonyl (C=O) groups excluding carboxylic acids is 1. The second kappa shape index (κ2) is 6.65. The van der Waals surface area contributed by atoms with Crippen LogP contribution in [0.2, 0.25) is 0 Å². The summed E-state index contributed by atoms with van der Waals surface area (Å²) in [5.41, 5.74) is 1.66. The lowest BCUT2D eigenvalue weighted by Gasteiger charge is -2.07. The third-order valence-corrected chi connectivity index (χ3v) is 4.02. The van der Waals surface area contributed by atoms with Crippen molar-refractivity contribution in [2.24, 2.45) is 0 Å². The predicted molar refractivity (Wildman–Crippen MR) is 93.7 cm³/mol. The molecular weight excluding hydrogens is 316 g/mol. The van der Waals surface area contributed by atoms with Gasteiger partial charge in [0.15, 0.2) is 5.76 Å². The molecule has 0 saturated heterocycles. The largest absolute Gasteiger partial charge is 0.461 e. The molecule has 4 rings (SSSR count). The van der Waals surface area contributed by atoms with Crippen molar-refractivity contribution in [3.8, 4) is 11.5 Å². The van der Waals surface area contributed by atoms with Crippen LogP contribution in [0.25, 0.3) is 22.3 Å². The summed E-state index contributed by atoms with van der Waals surface area (Å²) in [4.78, 5) is 12.3. The number of aromatic nitrogens is 1. The Bertz CT molecular complexity index is 997. The highest BCUT2D eigenvalue weighted by Crippen LogP contribution is 2.21. The van der Waals surface area contributed by atoms with Crippen molar-refractivity contribution in [3.63, 3.8) is 0 Å². The molecule has 0 spiro atoms. The Morgan fingerprint density at radius 2 is 1.88 bits per heavy atom. The maximum absolute atomic E-state index is 12.3. The first-order chi connectivity index (χ1) is 12.3. The Hall–Kier alpha value is -3.34. The molecule has 0 fully saturated rings. The molecule has 0 radical (unpaired) electrons. The minimum absolute atomic E-state index is 0.0566. The average molecular weight is 332 g/mol. The number of furan rings is 1. The number of carbonyl (C=O) groups is 1. The minimum atomic E-state index is -0.0566. The molecular formula is C20H16N2O3. The zero-order valence-electron chi connectivity index (χ0n) is 13.4. The number of fused-ring (bicyclic) bond motifs is 1. The van der Waals surface area contributed by atoms with Gasteiger partial charge >= 0.3 is 0 Å². The number of nitrogens with zero attached hydrogens (tertiary/aromatic N) is 1. The maximum atomic E-state index is 12.3. The van der Waals surface area contributed by atoms with Gasteiger partial charge in [-0.3, -0.25) is 4.79 Å². The Morgan fingerprint density at radius 1 is 1.00 bits per heavy atom. The summed E-state index contributed by atoms with van der Waals surface area (Å²) in [5.74, 6) is 1.10. The Morgan fingerprint density at radius 3 is 2.76 bits per heavy atom. The maximum Gasteiger partial charge on any atom is 0.224 e. The first-order valence-corrected chi connectivity index (χ1v) is 8.02. The fourth-order valence-electron chi connectivity index (χ4n) is 2.80. The SMILES string of the molecule is O=C(Cc1cccc2ccccc12)NCc1cc(-c2ccco2)on1. The summed E-state index contributed by atoms with van der Waals surface area (Å²) in [7, 11) is 0. The first kappa shape index (κ1) is 15.2. The van der Waals surface area contributed by atoms with Crippen LogP contribution in [0, 0.1) is 0 Å². The zero-order valence-corrected chi connectivity index (χ0v) is 13.4. The first-order valence-electron chi connectivity index (χ1n) is 8.02. The summed E-state index contributed by atoms with van der Waals surface area (Å²) < 4.78 is 10.5. The molecule has 124 valence electrons. The molecule has 5 heteroatoms. The van der Waals surface area contributed by atoms with E-state index in [1.54, 1.807) is 24.5 Å². The van der Waals surface area contributed by atoms with Gasteiger partial charge in [0.2, 0.25) is 11.7 Å². The van der Waals surface area contributed by atoms with Crippen LogP contribution in [-0.4, -0.2) is 11.1 Å². The molecule has 0 unspecified atom stereocenters. The topological polar surface area (TPSA) is 68.3 Å². The second-order valence-electron chi connectivity index (χ2n) is 5.75. The van der Waals surface area contributed by atoms with Crippen LogP contribution >= 0.6 is 0 Å². The second-order valence-corrected chi connectivity index (χ2v) is 5.75. The normalized spacial score (nSPS) is 10.9. The van der Waals surface area contributed by atoms with Crippen molar-refractivity contribution >= 4 is 16.7 Å². The molecule has 2 aromatic carbocycles. The Kier molecular flexibility index (Phi) is 4.04. The van der Waals surface area contributed by atoms with Gasteiger partial charge in [-0.15, -0.1) is 0 Å². The zero-order chi connectivity index (χ0) is 17.1. The van der Waals surface area contributed by atoms with Crippen LogP contribution in [0.15, 0.2) is 75.9 Å². The quantitative estimate of drug-likeness (QED) is 0.601. The van der Waals surface area contributed by atoms with Crippen LogP contribution in [-0.2, 0) is 17.8 Å². The van der Waals surface area contributed by atoms with Gasteiger partial charge in [0, 0.05) is 6.07 Å². The summed E-state index contributed by atoms with van der Waals surface area (Å²) in [5, 5.41) is 9.06. The third-order valence-electron chi connectivity index (χ3n) is 4.02. The molecule has 4 aromatic rings. The van der Waals surface area contributed by atoms with Crippen LogP contribution < -0.4 is 5.32 Å². The lowest BCUT2D eigenvalue weighted by molar-refractivity contribution is -0.120. The van der Waals surface area contributed by atoms with Gasteiger partial charge < -0.3 is 14.3 Å². The Labute approximate surface area is 144 Å². The molecule has 0 atom stereocenters. The monoisotopic (exact) mass is 332 g/mol. The summed E-state index contributed by atoms with van der Waals surface area (Å²) in [6.45, 7) is 0.313. The molecule has 25 heavy (non-hydrogen) atoms. The van der Waals surface area contributed by atoms with E-state index >= 15 is 0 Å². The van der Waals surface area contributed by atoms with E-state index in [-0.39, 0.29) is 5.91 Å². The van der Waals surface area contributed by atoms with E-state index in [0.29, 0.717) is 30.2 Å².